The van der Waals surface area contributed by atoms with Crippen molar-refractivity contribution in [3.8, 4) is 17.0 Å². The van der Waals surface area contributed by atoms with Gasteiger partial charge in [-0.15, -0.1) is 0 Å². The average molecular weight is 588 g/mol. The van der Waals surface area contributed by atoms with E-state index >= 15 is 4.39 Å². The molecule has 1 saturated carbocycles. The van der Waals surface area contributed by atoms with Crippen LogP contribution in [0.1, 0.15) is 49.0 Å². The van der Waals surface area contributed by atoms with Gasteiger partial charge in [0.25, 0.3) is 0 Å². The van der Waals surface area contributed by atoms with Crippen molar-refractivity contribution in [2.45, 2.75) is 61.3 Å². The van der Waals surface area contributed by atoms with E-state index in [0.717, 1.165) is 60.8 Å². The molecule has 1 aromatic carbocycles. The number of fused-ring (bicyclic) bond motifs is 6. The standard InChI is InChI=1S/C31H30FN5O4S/c1-42(39)30-19-11-23(22-8-7-17-14-41-31(38)36(17)22)37(27-16-10-21(27)33-12-16)28(19)20-13-34-25(24(32)26(20)35-30)18-6-2-4-15-5-3-9-40-29(15)18/h2,4,6,11,13,16-17,21-22,27,33H,3,5,7-10,12,14H2,1H3/t16-,17+,21-,22?,27+,42?/m1/s1. The number of amides is 1. The first kappa shape index (κ1) is 25.0. The Morgan fingerprint density at radius 1 is 1.19 bits per heavy atom. The van der Waals surface area contributed by atoms with Gasteiger partial charge in [-0.25, -0.2) is 14.2 Å². The Balaban J connectivity index is 1.32. The molecule has 1 amide bonds. The van der Waals surface area contributed by atoms with Crippen LogP contribution in [0, 0.1) is 11.7 Å². The fourth-order valence-corrected chi connectivity index (χ4v) is 8.84. The lowest BCUT2D eigenvalue weighted by molar-refractivity contribution is 0.146. The number of hydrogen-bond acceptors (Lipinski definition) is 7. The van der Waals surface area contributed by atoms with Gasteiger partial charge in [-0.2, -0.15) is 0 Å². The van der Waals surface area contributed by atoms with E-state index in [9.17, 15) is 9.00 Å². The van der Waals surface area contributed by atoms with Gasteiger partial charge in [0.05, 0.1) is 41.0 Å². The molecule has 10 rings (SSSR count). The fraction of sp³-hybridized carbons (Fsp3) is 0.452. The van der Waals surface area contributed by atoms with Gasteiger partial charge in [-0.05, 0) is 55.7 Å². The minimum atomic E-state index is -1.49. The van der Waals surface area contributed by atoms with Crippen molar-refractivity contribution in [3.05, 3.63) is 47.5 Å². The molecule has 6 aliphatic rings. The number of carbonyl (C=O) groups excluding carboxylic acids is 1. The number of aryl methyl sites for hydroxylation is 1. The number of hydrogen-bond donors (Lipinski definition) is 1. The Bertz CT molecular complexity index is 1840. The van der Waals surface area contributed by atoms with Crippen LogP contribution in [0.4, 0.5) is 9.18 Å². The molecule has 5 aliphatic heterocycles. The second kappa shape index (κ2) is 8.97. The monoisotopic (exact) mass is 587 g/mol. The topological polar surface area (TPSA) is 98.6 Å². The van der Waals surface area contributed by atoms with Gasteiger partial charge in [-0.3, -0.25) is 14.1 Å². The van der Waals surface area contributed by atoms with Crippen LogP contribution in [0.15, 0.2) is 35.5 Å². The number of aromatic nitrogens is 3. The number of nitrogens with one attached hydrogen (secondary N) is 1. The molecule has 0 radical (unpaired) electrons. The molecule has 9 nitrogen and oxygen atoms in total. The second-order valence-electron chi connectivity index (χ2n) is 12.2. The molecule has 1 aliphatic carbocycles. The van der Waals surface area contributed by atoms with E-state index in [1.807, 2.05) is 29.2 Å². The average Bonchev–Trinajstić information content (AvgIpc) is 3.81. The number of rotatable bonds is 4. The lowest BCUT2D eigenvalue weighted by Gasteiger charge is -2.39. The van der Waals surface area contributed by atoms with Crippen LogP contribution >= 0.6 is 0 Å². The van der Waals surface area contributed by atoms with E-state index in [0.29, 0.717) is 40.9 Å². The summed E-state index contributed by atoms with van der Waals surface area (Å²) in [5.74, 6) is 0.554. The van der Waals surface area contributed by atoms with Crippen molar-refractivity contribution in [2.24, 2.45) is 5.92 Å². The maximum atomic E-state index is 16.7. The van der Waals surface area contributed by atoms with Crippen LogP contribution in [0.2, 0.25) is 0 Å². The zero-order valence-corrected chi connectivity index (χ0v) is 24.0. The summed E-state index contributed by atoms with van der Waals surface area (Å²) in [4.78, 5) is 24.1. The molecule has 4 saturated heterocycles. The first-order valence-electron chi connectivity index (χ1n) is 14.8. The molecule has 2 unspecified atom stereocenters. The Kier molecular flexibility index (Phi) is 5.33. The molecule has 0 spiro atoms. The zero-order chi connectivity index (χ0) is 28.3. The molecule has 42 heavy (non-hydrogen) atoms. The molecular formula is C31H30FN5O4S. The summed E-state index contributed by atoms with van der Waals surface area (Å²) in [5, 5.41) is 5.28. The van der Waals surface area contributed by atoms with E-state index < -0.39 is 16.6 Å². The molecule has 3 aromatic heterocycles. The maximum Gasteiger partial charge on any atom is 0.410 e. The lowest BCUT2D eigenvalue weighted by atomic mass is 9.79. The van der Waals surface area contributed by atoms with Crippen molar-refractivity contribution in [3.63, 3.8) is 0 Å². The third-order valence-corrected chi connectivity index (χ3v) is 10.9. The Morgan fingerprint density at radius 2 is 2.10 bits per heavy atom. The highest BCUT2D eigenvalue weighted by molar-refractivity contribution is 7.84. The highest BCUT2D eigenvalue weighted by Gasteiger charge is 2.51. The quantitative estimate of drug-likeness (QED) is 0.372. The maximum absolute atomic E-state index is 16.7. The first-order chi connectivity index (χ1) is 20.5. The number of halogens is 1. The van der Waals surface area contributed by atoms with Crippen LogP contribution < -0.4 is 10.1 Å². The summed E-state index contributed by atoms with van der Waals surface area (Å²) >= 11 is 0. The predicted molar refractivity (Wildman–Crippen MR) is 154 cm³/mol. The van der Waals surface area contributed by atoms with Gasteiger partial charge in [0, 0.05) is 47.1 Å². The third-order valence-electron chi connectivity index (χ3n) is 10.1. The Hall–Kier alpha value is -3.57. The SMILES string of the molecule is CS(=O)c1nc2c(F)c(-c3cccc4c3OCCC4)ncc2c2c1cc(C1CC[C@H]3COC(=O)N13)n2[C@H]1[C@H]2CN[C@@H]1C2. The number of nitrogens with zero attached hydrogens (tertiary/aromatic N) is 4. The molecule has 5 fully saturated rings. The van der Waals surface area contributed by atoms with Gasteiger partial charge in [0.15, 0.2) is 5.82 Å². The minimum Gasteiger partial charge on any atom is -0.493 e. The summed E-state index contributed by atoms with van der Waals surface area (Å²) in [7, 11) is -1.49. The zero-order valence-electron chi connectivity index (χ0n) is 23.1. The summed E-state index contributed by atoms with van der Waals surface area (Å²) in [6, 6.07) is 8.12. The lowest BCUT2D eigenvalue weighted by Crippen LogP contribution is -2.40. The number of carbonyl (C=O) groups is 1. The molecule has 8 heterocycles. The van der Waals surface area contributed by atoms with E-state index in [4.69, 9.17) is 19.4 Å². The van der Waals surface area contributed by atoms with Gasteiger partial charge in [0.1, 0.15) is 28.6 Å². The molecule has 1 N–H and O–H groups in total. The molecule has 2 bridgehead atoms. The van der Waals surface area contributed by atoms with Crippen molar-refractivity contribution in [1.29, 1.82) is 0 Å². The molecule has 4 aromatic rings. The molecular weight excluding hydrogens is 557 g/mol. The van der Waals surface area contributed by atoms with E-state index in [2.05, 4.69) is 9.88 Å². The van der Waals surface area contributed by atoms with Crippen LogP contribution in [0.3, 0.4) is 0 Å². The Labute approximate surface area is 243 Å². The molecule has 11 heteroatoms. The number of pyridine rings is 2. The van der Waals surface area contributed by atoms with Crippen molar-refractivity contribution >= 4 is 38.7 Å². The normalized spacial score (nSPS) is 28.5. The smallest absolute Gasteiger partial charge is 0.410 e. The largest absolute Gasteiger partial charge is 0.493 e. The first-order valence-corrected chi connectivity index (χ1v) is 16.4. The van der Waals surface area contributed by atoms with Crippen LogP contribution in [-0.2, 0) is 22.0 Å². The summed E-state index contributed by atoms with van der Waals surface area (Å²) in [6.07, 6.45) is 7.56. The van der Waals surface area contributed by atoms with Gasteiger partial charge >= 0.3 is 6.09 Å². The summed E-state index contributed by atoms with van der Waals surface area (Å²) < 4.78 is 43.6. The van der Waals surface area contributed by atoms with Crippen molar-refractivity contribution in [1.82, 2.24) is 24.8 Å². The van der Waals surface area contributed by atoms with Crippen molar-refractivity contribution < 1.29 is 22.9 Å². The predicted octanol–water partition coefficient (Wildman–Crippen LogP) is 4.64. The van der Waals surface area contributed by atoms with Gasteiger partial charge < -0.3 is 19.4 Å². The van der Waals surface area contributed by atoms with E-state index in [1.54, 1.807) is 12.5 Å². The Morgan fingerprint density at radius 3 is 2.90 bits per heavy atom. The van der Waals surface area contributed by atoms with Crippen molar-refractivity contribution in [2.75, 3.05) is 26.0 Å². The van der Waals surface area contributed by atoms with Crippen LogP contribution in [-0.4, -0.2) is 67.8 Å². The summed E-state index contributed by atoms with van der Waals surface area (Å²) in [5.41, 5.74) is 3.76. The molecule has 6 atom stereocenters. The fourth-order valence-electron chi connectivity index (χ4n) is 8.16. The van der Waals surface area contributed by atoms with Gasteiger partial charge in [0.2, 0.25) is 0 Å². The molecule has 216 valence electrons. The van der Waals surface area contributed by atoms with Crippen LogP contribution in [0.5, 0.6) is 5.75 Å². The number of benzene rings is 1. The van der Waals surface area contributed by atoms with Crippen LogP contribution in [0.25, 0.3) is 33.1 Å². The second-order valence-corrected chi connectivity index (χ2v) is 13.5. The van der Waals surface area contributed by atoms with E-state index in [-0.39, 0.29) is 41.5 Å². The highest BCUT2D eigenvalue weighted by atomic mass is 32.2. The summed E-state index contributed by atoms with van der Waals surface area (Å²) in [6.45, 7) is 1.90. The number of cyclic esters (lactones) is 1. The van der Waals surface area contributed by atoms with Gasteiger partial charge in [-0.1, -0.05) is 12.1 Å². The van der Waals surface area contributed by atoms with E-state index in [1.165, 1.54) is 0 Å². The third kappa shape index (κ3) is 3.32. The number of para-hydroxylation sites is 1. The highest BCUT2D eigenvalue weighted by Crippen LogP contribution is 2.51. The minimum absolute atomic E-state index is 0.0561. The number of ether oxygens (including phenoxy) is 2.